The van der Waals surface area contributed by atoms with Crippen molar-refractivity contribution >= 4 is 29.4 Å². The van der Waals surface area contributed by atoms with Crippen molar-refractivity contribution in [2.24, 2.45) is 5.10 Å². The van der Waals surface area contributed by atoms with E-state index in [1.54, 1.807) is 12.1 Å². The third kappa shape index (κ3) is 4.67. The maximum atomic E-state index is 11.8. The highest BCUT2D eigenvalue weighted by atomic mass is 16.2. The van der Waals surface area contributed by atoms with Crippen molar-refractivity contribution in [1.82, 2.24) is 5.43 Å². The molecule has 0 aliphatic heterocycles. The largest absolute Gasteiger partial charge is 0.378 e. The molecule has 6 heteroatoms. The van der Waals surface area contributed by atoms with Crippen LogP contribution in [0.4, 0.5) is 11.4 Å². The number of nitrogens with one attached hydrogen (secondary N) is 2. The van der Waals surface area contributed by atoms with Crippen LogP contribution < -0.4 is 15.6 Å². The summed E-state index contributed by atoms with van der Waals surface area (Å²) < 4.78 is 0. The second-order valence-electron chi connectivity index (χ2n) is 5.45. The number of hydrogen-bond acceptors (Lipinski definition) is 4. The maximum absolute atomic E-state index is 11.8. The molecule has 0 aliphatic rings. The van der Waals surface area contributed by atoms with Crippen LogP contribution in [0.25, 0.3) is 0 Å². The first-order chi connectivity index (χ1) is 11.5. The van der Waals surface area contributed by atoms with Gasteiger partial charge >= 0.3 is 11.8 Å². The lowest BCUT2D eigenvalue weighted by Gasteiger charge is -2.11. The van der Waals surface area contributed by atoms with Crippen LogP contribution in [0.1, 0.15) is 11.1 Å². The second-order valence-corrected chi connectivity index (χ2v) is 5.45. The van der Waals surface area contributed by atoms with Gasteiger partial charge in [-0.15, -0.1) is 0 Å². The lowest BCUT2D eigenvalue weighted by molar-refractivity contribution is -0.136. The zero-order valence-electron chi connectivity index (χ0n) is 13.9. The summed E-state index contributed by atoms with van der Waals surface area (Å²) in [6, 6.07) is 14.9. The normalized spacial score (nSPS) is 10.5. The molecule has 0 saturated heterocycles. The summed E-state index contributed by atoms with van der Waals surface area (Å²) >= 11 is 0. The molecule has 2 amide bonds. The molecule has 124 valence electrons. The number of hydrazone groups is 1. The molecule has 2 rings (SSSR count). The SMILES string of the molecule is Cc1ccccc1NC(=O)C(=O)N/N=C\c1ccc(N(C)C)cc1. The van der Waals surface area contributed by atoms with E-state index in [2.05, 4.69) is 15.8 Å². The molecule has 0 aromatic heterocycles. The van der Waals surface area contributed by atoms with Gasteiger partial charge in [0.2, 0.25) is 0 Å². The number of benzene rings is 2. The zero-order chi connectivity index (χ0) is 17.5. The number of nitrogens with zero attached hydrogens (tertiary/aromatic N) is 2. The van der Waals surface area contributed by atoms with Crippen LogP contribution in [0.15, 0.2) is 53.6 Å². The Hall–Kier alpha value is -3.15. The molecule has 2 aromatic rings. The van der Waals surface area contributed by atoms with Gasteiger partial charge in [-0.25, -0.2) is 5.43 Å². The molecule has 2 N–H and O–H groups in total. The molecule has 0 heterocycles. The average Bonchev–Trinajstić information content (AvgIpc) is 2.57. The minimum atomic E-state index is -0.820. The van der Waals surface area contributed by atoms with Crippen molar-refractivity contribution in [3.8, 4) is 0 Å². The van der Waals surface area contributed by atoms with Gasteiger partial charge in [0.1, 0.15) is 0 Å². The molecule has 6 nitrogen and oxygen atoms in total. The topological polar surface area (TPSA) is 73.8 Å². The smallest absolute Gasteiger partial charge is 0.329 e. The van der Waals surface area contributed by atoms with Crippen LogP contribution in [-0.2, 0) is 9.59 Å². The van der Waals surface area contributed by atoms with Crippen molar-refractivity contribution in [2.75, 3.05) is 24.3 Å². The molecule has 0 atom stereocenters. The summed E-state index contributed by atoms with van der Waals surface area (Å²) in [7, 11) is 3.91. The van der Waals surface area contributed by atoms with E-state index in [0.717, 1.165) is 16.8 Å². The van der Waals surface area contributed by atoms with Gasteiger partial charge in [-0.05, 0) is 36.2 Å². The summed E-state index contributed by atoms with van der Waals surface area (Å²) in [4.78, 5) is 25.6. The first-order valence-electron chi connectivity index (χ1n) is 7.45. The fourth-order valence-electron chi connectivity index (χ4n) is 1.97. The Morgan fingerprint density at radius 3 is 2.29 bits per heavy atom. The Morgan fingerprint density at radius 1 is 1.00 bits per heavy atom. The molecule has 24 heavy (non-hydrogen) atoms. The summed E-state index contributed by atoms with van der Waals surface area (Å²) in [5, 5.41) is 6.35. The number of aryl methyl sites for hydroxylation is 1. The predicted molar refractivity (Wildman–Crippen MR) is 96.3 cm³/mol. The van der Waals surface area contributed by atoms with E-state index in [1.807, 2.05) is 62.3 Å². The van der Waals surface area contributed by atoms with E-state index in [-0.39, 0.29) is 0 Å². The van der Waals surface area contributed by atoms with Crippen molar-refractivity contribution in [3.63, 3.8) is 0 Å². The van der Waals surface area contributed by atoms with Crippen LogP contribution in [0.2, 0.25) is 0 Å². The van der Waals surface area contributed by atoms with Gasteiger partial charge < -0.3 is 10.2 Å². The van der Waals surface area contributed by atoms with E-state index in [0.29, 0.717) is 5.69 Å². The van der Waals surface area contributed by atoms with E-state index in [4.69, 9.17) is 0 Å². The average molecular weight is 324 g/mol. The van der Waals surface area contributed by atoms with Crippen LogP contribution >= 0.6 is 0 Å². The number of rotatable bonds is 4. The highest BCUT2D eigenvalue weighted by Crippen LogP contribution is 2.13. The Labute approximate surface area is 141 Å². The number of anilines is 2. The minimum Gasteiger partial charge on any atom is -0.378 e. The molecule has 2 aromatic carbocycles. The molecule has 0 saturated carbocycles. The van der Waals surface area contributed by atoms with E-state index in [9.17, 15) is 9.59 Å². The van der Waals surface area contributed by atoms with Crippen LogP contribution in [0.5, 0.6) is 0 Å². The van der Waals surface area contributed by atoms with Crippen molar-refractivity contribution < 1.29 is 9.59 Å². The second kappa shape index (κ2) is 7.92. The summed E-state index contributed by atoms with van der Waals surface area (Å²) in [5.74, 6) is -1.58. The van der Waals surface area contributed by atoms with Gasteiger partial charge in [0, 0.05) is 25.5 Å². The fraction of sp³-hybridized carbons (Fsp3) is 0.167. The molecular formula is C18H20N4O2. The predicted octanol–water partition coefficient (Wildman–Crippen LogP) is 2.15. The van der Waals surface area contributed by atoms with Gasteiger partial charge in [0.15, 0.2) is 0 Å². The number of para-hydroxylation sites is 1. The monoisotopic (exact) mass is 324 g/mol. The first-order valence-corrected chi connectivity index (χ1v) is 7.45. The van der Waals surface area contributed by atoms with Gasteiger partial charge in [0.25, 0.3) is 0 Å². The van der Waals surface area contributed by atoms with Gasteiger partial charge in [-0.2, -0.15) is 5.10 Å². The van der Waals surface area contributed by atoms with E-state index < -0.39 is 11.8 Å². The van der Waals surface area contributed by atoms with Crippen molar-refractivity contribution in [3.05, 3.63) is 59.7 Å². The highest BCUT2D eigenvalue weighted by molar-refractivity contribution is 6.39. The zero-order valence-corrected chi connectivity index (χ0v) is 13.9. The molecule has 0 fully saturated rings. The number of hydrogen-bond donors (Lipinski definition) is 2. The van der Waals surface area contributed by atoms with Crippen LogP contribution in [0, 0.1) is 6.92 Å². The Balaban J connectivity index is 1.90. The lowest BCUT2D eigenvalue weighted by Crippen LogP contribution is -2.32. The minimum absolute atomic E-state index is 0.598. The Bertz CT molecular complexity index is 752. The van der Waals surface area contributed by atoms with Crippen molar-refractivity contribution in [1.29, 1.82) is 0 Å². The highest BCUT2D eigenvalue weighted by Gasteiger charge is 2.13. The summed E-state index contributed by atoms with van der Waals surface area (Å²) in [6.07, 6.45) is 1.48. The molecule has 0 unspecified atom stereocenters. The Morgan fingerprint density at radius 2 is 1.67 bits per heavy atom. The fourth-order valence-corrected chi connectivity index (χ4v) is 1.97. The van der Waals surface area contributed by atoms with Gasteiger partial charge in [-0.1, -0.05) is 30.3 Å². The van der Waals surface area contributed by atoms with Crippen molar-refractivity contribution in [2.45, 2.75) is 6.92 Å². The molecule has 0 bridgehead atoms. The number of carbonyl (C=O) groups is 2. The standard InChI is InChI=1S/C18H20N4O2/c1-13-6-4-5-7-16(13)20-17(23)18(24)21-19-12-14-8-10-15(11-9-14)22(2)3/h4-12H,1-3H3,(H,20,23)(H,21,24)/b19-12-. The quantitative estimate of drug-likeness (QED) is 0.514. The summed E-state index contributed by atoms with van der Waals surface area (Å²) in [5.41, 5.74) is 5.58. The van der Waals surface area contributed by atoms with Crippen LogP contribution in [0.3, 0.4) is 0 Å². The van der Waals surface area contributed by atoms with Gasteiger partial charge in [-0.3, -0.25) is 9.59 Å². The lowest BCUT2D eigenvalue weighted by atomic mass is 10.2. The number of amides is 2. The first kappa shape index (κ1) is 17.2. The van der Waals surface area contributed by atoms with E-state index in [1.165, 1.54) is 6.21 Å². The van der Waals surface area contributed by atoms with E-state index >= 15 is 0 Å². The molecule has 0 spiro atoms. The third-order valence-electron chi connectivity index (χ3n) is 3.39. The molecule has 0 radical (unpaired) electrons. The number of carbonyl (C=O) groups excluding carboxylic acids is 2. The van der Waals surface area contributed by atoms with Crippen LogP contribution in [-0.4, -0.2) is 32.1 Å². The van der Waals surface area contributed by atoms with Gasteiger partial charge in [0.05, 0.1) is 6.21 Å². The Kier molecular flexibility index (Phi) is 5.68. The summed E-state index contributed by atoms with van der Waals surface area (Å²) in [6.45, 7) is 1.85. The maximum Gasteiger partial charge on any atom is 0.329 e. The molecule has 0 aliphatic carbocycles. The molecular weight excluding hydrogens is 304 g/mol. The third-order valence-corrected chi connectivity index (χ3v) is 3.39.